The molecule has 0 unspecified atom stereocenters. The number of carbonyl (C=O) groups is 9. The second-order valence-electron chi connectivity index (χ2n) is 40.7. The number of nitrogens with one attached hydrogen (secondary N) is 2. The lowest BCUT2D eigenvalue weighted by Crippen LogP contribution is -2.42. The summed E-state index contributed by atoms with van der Waals surface area (Å²) in [5.41, 5.74) is 12.9. The molecule has 6 aromatic heterocycles. The van der Waals surface area contributed by atoms with Crippen molar-refractivity contribution in [1.82, 2.24) is 45.4 Å². The van der Waals surface area contributed by atoms with Crippen LogP contribution >= 0.6 is 34.0 Å². The van der Waals surface area contributed by atoms with Crippen molar-refractivity contribution in [3.63, 3.8) is 0 Å². The fourth-order valence-electron chi connectivity index (χ4n) is 16.2. The van der Waals surface area contributed by atoms with Crippen molar-refractivity contribution in [3.8, 4) is 90.2 Å². The number of hydrogen-bond acceptors (Lipinski definition) is 20. The molecule has 0 bridgehead atoms. The maximum Gasteiger partial charge on any atom is 0.325 e. The van der Waals surface area contributed by atoms with Gasteiger partial charge in [0.05, 0.1) is 33.8 Å². The Labute approximate surface area is 851 Å². The van der Waals surface area contributed by atoms with E-state index in [1.165, 1.54) is 66.3 Å². The van der Waals surface area contributed by atoms with Gasteiger partial charge in [0.25, 0.3) is 0 Å². The van der Waals surface area contributed by atoms with Gasteiger partial charge in [0.15, 0.2) is 34.8 Å². The Bertz CT molecular complexity index is 6430. The SMILES string of the molecule is CC(C)(C)c1ccc(C(=O)C[C@@H](Cc2ccc(-c3ncc(-c4ccc(-c5ccccc5)cc4)cn3)cc2)C(=O)N2CC[C@H](C(=O)O)C2)s1.CC(C)CCCCOc1ccc(-c2cnc(-c3ccc(C[C@H](CC(=O)c4ccc(C(C)(C)C)s4)C(=O)N[C@H](C)C(=O)O)cc3)nc2)cc1.CC(C)CCCOc1ccc(-c2cnc(-c3ccc(C[C@H](CC(=O)c4ccc(C(C)(C)C)s4)C(=O)N[C@H](C)C(=O)O)cc3)nc2)cc1. The summed E-state index contributed by atoms with van der Waals surface area (Å²) >= 11 is 4.35. The average molecular weight is 1980 g/mol. The highest BCUT2D eigenvalue weighted by Crippen LogP contribution is 2.38. The number of aliphatic carboxylic acids is 3. The molecule has 0 spiro atoms. The van der Waals surface area contributed by atoms with Crippen molar-refractivity contribution in [3.05, 3.63) is 295 Å². The number of benzene rings is 7. The minimum atomic E-state index is -1.13. The fraction of sp³-hybridized carbons (Fsp3) is 0.359. The van der Waals surface area contributed by atoms with E-state index >= 15 is 0 Å². The zero-order chi connectivity index (χ0) is 103. The van der Waals surface area contributed by atoms with E-state index in [0.717, 1.165) is 124 Å². The number of carboxylic acids is 3. The monoisotopic (exact) mass is 1980 g/mol. The molecule has 5 N–H and O–H groups in total. The van der Waals surface area contributed by atoms with Gasteiger partial charge in [-0.1, -0.05) is 248 Å². The molecule has 14 rings (SSSR count). The number of amides is 3. The number of carbonyl (C=O) groups excluding carboxylic acids is 6. The molecule has 7 aromatic carbocycles. The number of hydrogen-bond donors (Lipinski definition) is 5. The van der Waals surface area contributed by atoms with E-state index in [0.29, 0.717) is 70.6 Å². The van der Waals surface area contributed by atoms with Crippen LogP contribution in [-0.4, -0.2) is 141 Å². The molecule has 0 radical (unpaired) electrons. The molecule has 0 aliphatic carbocycles. The highest BCUT2D eigenvalue weighted by molar-refractivity contribution is 7.15. The Morgan fingerprint density at radius 2 is 0.664 bits per heavy atom. The number of thiophene rings is 3. The molecule has 3 amide bonds. The number of likely N-dealkylation sites (tertiary alicyclic amines) is 1. The summed E-state index contributed by atoms with van der Waals surface area (Å²) in [6.07, 6.45) is 17.8. The summed E-state index contributed by atoms with van der Waals surface area (Å²) in [5.74, 6) is -2.42. The van der Waals surface area contributed by atoms with Crippen LogP contribution in [0.5, 0.6) is 11.5 Å². The maximum absolute atomic E-state index is 13.7. The fourth-order valence-corrected chi connectivity index (χ4v) is 19.3. The lowest BCUT2D eigenvalue weighted by Gasteiger charge is -2.23. The third-order valence-electron chi connectivity index (χ3n) is 24.9. The molecule has 1 aliphatic heterocycles. The van der Waals surface area contributed by atoms with Crippen LogP contribution < -0.4 is 20.1 Å². The molecule has 6 atom stereocenters. The lowest BCUT2D eigenvalue weighted by atomic mass is 9.92. The van der Waals surface area contributed by atoms with Gasteiger partial charge in [0.2, 0.25) is 17.7 Å². The summed E-state index contributed by atoms with van der Waals surface area (Å²) < 4.78 is 11.7. The predicted octanol–water partition coefficient (Wildman–Crippen LogP) is 24.6. The summed E-state index contributed by atoms with van der Waals surface area (Å²) in [4.78, 5) is 149. The summed E-state index contributed by atoms with van der Waals surface area (Å²) in [6, 6.07) is 66.6. The Hall–Kier alpha value is -13.7. The number of unbranched alkanes of at least 4 members (excludes halogenated alkanes) is 1. The molecule has 0 saturated carbocycles. The Kier molecular flexibility index (Phi) is 38.0. The van der Waals surface area contributed by atoms with E-state index < -0.39 is 65.5 Å². The van der Waals surface area contributed by atoms with Crippen molar-refractivity contribution in [1.29, 1.82) is 0 Å². The van der Waals surface area contributed by atoms with Gasteiger partial charge in [0.1, 0.15) is 23.6 Å². The summed E-state index contributed by atoms with van der Waals surface area (Å²) in [7, 11) is 0. The quantitative estimate of drug-likeness (QED) is 0.0175. The lowest BCUT2D eigenvalue weighted by molar-refractivity contribution is -0.142. The minimum Gasteiger partial charge on any atom is -0.494 e. The maximum atomic E-state index is 13.7. The van der Waals surface area contributed by atoms with Gasteiger partial charge < -0.3 is 40.3 Å². The number of nitrogens with zero attached hydrogens (tertiary/aromatic N) is 7. The normalized spacial score (nSPS) is 13.7. The van der Waals surface area contributed by atoms with Crippen LogP contribution in [0.15, 0.2) is 250 Å². The Morgan fingerprint density at radius 1 is 0.364 bits per heavy atom. The van der Waals surface area contributed by atoms with Crippen molar-refractivity contribution in [2.45, 2.75) is 209 Å². The van der Waals surface area contributed by atoms with Crippen molar-refractivity contribution < 1.29 is 67.9 Å². The molecule has 1 saturated heterocycles. The average Bonchev–Trinajstić information content (AvgIpc) is 1.22. The van der Waals surface area contributed by atoms with E-state index in [2.05, 4.69) is 167 Å². The van der Waals surface area contributed by atoms with Gasteiger partial charge in [-0.25, -0.2) is 29.9 Å². The Morgan fingerprint density at radius 3 is 0.979 bits per heavy atom. The van der Waals surface area contributed by atoms with Crippen molar-refractivity contribution in [2.24, 2.45) is 35.5 Å². The number of ether oxygens (including phenoxy) is 2. The molecule has 23 nitrogen and oxygen atoms in total. The third-order valence-corrected chi connectivity index (χ3v) is 29.6. The first kappa shape index (κ1) is 108. The molecule has 1 aliphatic rings. The highest BCUT2D eigenvalue weighted by Gasteiger charge is 2.37. The van der Waals surface area contributed by atoms with Crippen molar-refractivity contribution >= 4 is 87.0 Å². The van der Waals surface area contributed by atoms with Gasteiger partial charge >= 0.3 is 17.9 Å². The number of aromatic nitrogens is 6. The number of rotatable bonds is 41. The van der Waals surface area contributed by atoms with Crippen LogP contribution in [-0.2, 0) is 64.3 Å². The van der Waals surface area contributed by atoms with Gasteiger partial charge in [-0.15, -0.1) is 34.0 Å². The first-order valence-corrected chi connectivity index (χ1v) is 51.4. The first-order valence-electron chi connectivity index (χ1n) is 49.0. The molecular formula is C117H131N9O14S3. The van der Waals surface area contributed by atoms with E-state index in [-0.39, 0.29) is 78.2 Å². The summed E-state index contributed by atoms with van der Waals surface area (Å²) in [5, 5.41) is 33.2. The largest absolute Gasteiger partial charge is 0.494 e. The summed E-state index contributed by atoms with van der Waals surface area (Å²) in [6.45, 7) is 32.6. The molecule has 143 heavy (non-hydrogen) atoms. The number of ketones is 3. The smallest absolute Gasteiger partial charge is 0.325 e. The standard InChI is InChI=1S/C40H39N3O4S.C39H47N3O5S.C38H45N3O5S/c1-40(2,3)36-18-17-35(48-36)34(44)22-32(38(45)43-20-19-31(25-43)39(46)47)21-26-9-11-30(12-10-26)37-41-23-33(24-42-37)29-15-13-28(14-16-29)27-7-5-4-6-8-27;1-25(2)9-7-8-20-47-32-16-14-28(15-17-32)31-23-40-36(41-24-31)29-12-10-27(11-13-29)21-30(37(44)42-26(3)38(45)46)22-33(43)34-18-19-35(48-34)39(4,5)6;1-24(2)8-7-19-46-31-15-13-27(14-16-31)30-22-39-35(40-23-30)28-11-9-26(10-12-28)20-29(36(43)41-25(3)37(44)45)21-32(42)33-17-18-34(47-33)38(4,5)6/h4-18,23-24,31-32H,19-22,25H2,1-3H3,(H,46,47);10-19,23-26,30H,7-9,20-22H2,1-6H3,(H,42,44)(H,45,46);9-18,22-25,29H,7-8,19-21H2,1-6H3,(H,41,43)(H,44,45)/t31-,32+;26-,30-;25-,29-/m011/s1. The van der Waals surface area contributed by atoms with Crippen LogP contribution in [0.2, 0.25) is 0 Å². The Balaban J connectivity index is 0.000000191. The topological polar surface area (TPSA) is 337 Å². The van der Waals surface area contributed by atoms with E-state index in [4.69, 9.17) is 9.47 Å². The van der Waals surface area contributed by atoms with Crippen LogP contribution in [0, 0.1) is 35.5 Å². The second kappa shape index (κ2) is 50.3. The third kappa shape index (κ3) is 31.9. The van der Waals surface area contributed by atoms with E-state index in [1.54, 1.807) is 29.7 Å². The van der Waals surface area contributed by atoms with Crippen LogP contribution in [0.4, 0.5) is 0 Å². The second-order valence-corrected chi connectivity index (χ2v) is 43.9. The molecule has 13 aromatic rings. The minimum absolute atomic E-state index is 0.0278. The molecular weight excluding hydrogens is 1850 g/mol. The number of Topliss-reactive ketones (excluding diaryl/α,β-unsaturated/α-hetero) is 3. The van der Waals surface area contributed by atoms with Crippen LogP contribution in [0.25, 0.3) is 78.7 Å². The highest BCUT2D eigenvalue weighted by atomic mass is 32.1. The van der Waals surface area contributed by atoms with E-state index in [9.17, 15) is 58.5 Å². The van der Waals surface area contributed by atoms with Crippen LogP contribution in [0.3, 0.4) is 0 Å². The molecule has 746 valence electrons. The zero-order valence-electron chi connectivity index (χ0n) is 84.3. The van der Waals surface area contributed by atoms with Gasteiger partial charge in [-0.05, 0) is 198 Å². The zero-order valence-corrected chi connectivity index (χ0v) is 86.7. The predicted molar refractivity (Wildman–Crippen MR) is 568 cm³/mol. The van der Waals surface area contributed by atoms with Crippen LogP contribution in [0.1, 0.15) is 222 Å². The molecule has 26 heteroatoms. The van der Waals surface area contributed by atoms with Crippen molar-refractivity contribution in [2.75, 3.05) is 26.3 Å². The molecule has 7 heterocycles. The molecule has 1 fully saturated rings. The van der Waals surface area contributed by atoms with Gasteiger partial charge in [-0.2, -0.15) is 0 Å². The first-order chi connectivity index (χ1) is 68.1. The van der Waals surface area contributed by atoms with Gasteiger partial charge in [0, 0.05) is 135 Å². The number of carboxylic acid groups (broad SMARTS) is 3. The van der Waals surface area contributed by atoms with Gasteiger partial charge in [-0.3, -0.25) is 43.2 Å². The van der Waals surface area contributed by atoms with E-state index in [1.807, 2.05) is 188 Å².